The molecule has 0 saturated heterocycles. The fourth-order valence-electron chi connectivity index (χ4n) is 2.77. The van der Waals surface area contributed by atoms with E-state index in [9.17, 15) is 8.42 Å². The SMILES string of the molecule is CC(C)c1ccc(S(=O)(=O)NCCCOc2cccc3cccnc23)cc1. The topological polar surface area (TPSA) is 68.3 Å². The van der Waals surface area contributed by atoms with Gasteiger partial charge >= 0.3 is 0 Å². The average Bonchev–Trinajstić information content (AvgIpc) is 2.68. The number of para-hydroxylation sites is 1. The van der Waals surface area contributed by atoms with E-state index in [1.807, 2.05) is 42.5 Å². The lowest BCUT2D eigenvalue weighted by atomic mass is 10.0. The number of fused-ring (bicyclic) bond motifs is 1. The number of ether oxygens (including phenoxy) is 1. The zero-order chi connectivity index (χ0) is 19.3. The lowest BCUT2D eigenvalue weighted by Crippen LogP contribution is -2.25. The summed E-state index contributed by atoms with van der Waals surface area (Å²) in [6.45, 7) is 4.87. The maximum atomic E-state index is 12.4. The van der Waals surface area contributed by atoms with E-state index < -0.39 is 10.0 Å². The van der Waals surface area contributed by atoms with E-state index >= 15 is 0 Å². The van der Waals surface area contributed by atoms with Crippen LogP contribution < -0.4 is 9.46 Å². The summed E-state index contributed by atoms with van der Waals surface area (Å²) in [4.78, 5) is 4.63. The van der Waals surface area contributed by atoms with Crippen molar-refractivity contribution >= 4 is 20.9 Å². The first-order valence-corrected chi connectivity index (χ1v) is 10.5. The predicted octanol–water partition coefficient (Wildman–Crippen LogP) is 4.11. The number of nitrogens with one attached hydrogen (secondary N) is 1. The number of hydrogen-bond donors (Lipinski definition) is 1. The van der Waals surface area contributed by atoms with E-state index in [1.54, 1.807) is 18.3 Å². The van der Waals surface area contributed by atoms with Gasteiger partial charge in [0.15, 0.2) is 0 Å². The Morgan fingerprint density at radius 1 is 1.04 bits per heavy atom. The van der Waals surface area contributed by atoms with Gasteiger partial charge in [0.2, 0.25) is 10.0 Å². The fraction of sp³-hybridized carbons (Fsp3) is 0.286. The maximum Gasteiger partial charge on any atom is 0.240 e. The molecule has 1 N–H and O–H groups in total. The van der Waals surface area contributed by atoms with E-state index in [-0.39, 0.29) is 4.90 Å². The Balaban J connectivity index is 1.52. The van der Waals surface area contributed by atoms with Crippen molar-refractivity contribution in [1.29, 1.82) is 0 Å². The zero-order valence-corrected chi connectivity index (χ0v) is 16.4. The quantitative estimate of drug-likeness (QED) is 0.594. The molecule has 5 nitrogen and oxygen atoms in total. The van der Waals surface area contributed by atoms with Gasteiger partial charge in [-0.3, -0.25) is 4.98 Å². The monoisotopic (exact) mass is 384 g/mol. The highest BCUT2D eigenvalue weighted by molar-refractivity contribution is 7.89. The molecule has 3 aromatic rings. The average molecular weight is 385 g/mol. The molecule has 3 rings (SSSR count). The minimum atomic E-state index is -3.50. The van der Waals surface area contributed by atoms with Crippen LogP contribution in [0.5, 0.6) is 5.75 Å². The molecule has 27 heavy (non-hydrogen) atoms. The second-order valence-electron chi connectivity index (χ2n) is 6.65. The third-order valence-corrected chi connectivity index (χ3v) is 5.80. The molecule has 0 amide bonds. The highest BCUT2D eigenvalue weighted by atomic mass is 32.2. The summed E-state index contributed by atoms with van der Waals surface area (Å²) in [5.41, 5.74) is 1.93. The highest BCUT2D eigenvalue weighted by Crippen LogP contribution is 2.23. The molecule has 0 saturated carbocycles. The standard InChI is InChI=1S/C21H24N2O3S/c1-16(2)17-9-11-19(12-10-17)27(24,25)23-14-5-15-26-20-8-3-6-18-7-4-13-22-21(18)20/h3-4,6-13,16,23H,5,14-15H2,1-2H3. The molecule has 0 spiro atoms. The largest absolute Gasteiger partial charge is 0.491 e. The first-order chi connectivity index (χ1) is 13.0. The van der Waals surface area contributed by atoms with Crippen molar-refractivity contribution in [3.63, 3.8) is 0 Å². The minimum Gasteiger partial charge on any atom is -0.491 e. The van der Waals surface area contributed by atoms with Crippen molar-refractivity contribution in [2.75, 3.05) is 13.2 Å². The van der Waals surface area contributed by atoms with Gasteiger partial charge in [0.1, 0.15) is 11.3 Å². The molecule has 0 fully saturated rings. The van der Waals surface area contributed by atoms with E-state index in [2.05, 4.69) is 23.6 Å². The molecule has 0 bridgehead atoms. The van der Waals surface area contributed by atoms with Crippen LogP contribution in [-0.4, -0.2) is 26.6 Å². The molecule has 0 unspecified atom stereocenters. The summed E-state index contributed by atoms with van der Waals surface area (Å²) >= 11 is 0. The molecule has 2 aromatic carbocycles. The van der Waals surface area contributed by atoms with Crippen molar-refractivity contribution in [3.8, 4) is 5.75 Å². The number of benzene rings is 2. The first kappa shape index (κ1) is 19.3. The number of pyridine rings is 1. The van der Waals surface area contributed by atoms with E-state index in [0.717, 1.165) is 16.5 Å². The summed E-state index contributed by atoms with van der Waals surface area (Å²) < 4.78 is 33.1. The second kappa shape index (κ2) is 8.50. The predicted molar refractivity (Wildman–Crippen MR) is 108 cm³/mol. The molecule has 6 heteroatoms. The Bertz CT molecular complexity index is 994. The molecular formula is C21H24N2O3S. The molecule has 1 heterocycles. The lowest BCUT2D eigenvalue weighted by molar-refractivity contribution is 0.314. The molecule has 142 valence electrons. The highest BCUT2D eigenvalue weighted by Gasteiger charge is 2.13. The molecular weight excluding hydrogens is 360 g/mol. The number of nitrogens with zero attached hydrogens (tertiary/aromatic N) is 1. The van der Waals surface area contributed by atoms with Crippen molar-refractivity contribution in [1.82, 2.24) is 9.71 Å². The van der Waals surface area contributed by atoms with Gasteiger partial charge in [-0.15, -0.1) is 0 Å². The normalized spacial score (nSPS) is 11.8. The van der Waals surface area contributed by atoms with Gasteiger partial charge in [0, 0.05) is 18.1 Å². The summed E-state index contributed by atoms with van der Waals surface area (Å²) in [5, 5.41) is 1.01. The second-order valence-corrected chi connectivity index (χ2v) is 8.42. The first-order valence-electron chi connectivity index (χ1n) is 9.03. The molecule has 0 aliphatic rings. The summed E-state index contributed by atoms with van der Waals surface area (Å²) in [6, 6.07) is 16.6. The van der Waals surface area contributed by atoms with Crippen LogP contribution in [0.3, 0.4) is 0 Å². The Morgan fingerprint density at radius 3 is 2.52 bits per heavy atom. The minimum absolute atomic E-state index is 0.283. The Labute approximate surface area is 160 Å². The molecule has 0 aliphatic heterocycles. The number of hydrogen-bond acceptors (Lipinski definition) is 4. The number of aromatic nitrogens is 1. The van der Waals surface area contributed by atoms with Crippen LogP contribution in [0, 0.1) is 0 Å². The number of rotatable bonds is 8. The van der Waals surface area contributed by atoms with Gasteiger partial charge in [-0.2, -0.15) is 0 Å². The molecule has 0 aliphatic carbocycles. The fourth-order valence-corrected chi connectivity index (χ4v) is 3.84. The van der Waals surface area contributed by atoms with Crippen molar-refractivity contribution < 1.29 is 13.2 Å². The van der Waals surface area contributed by atoms with Crippen LogP contribution in [0.4, 0.5) is 0 Å². The van der Waals surface area contributed by atoms with Crippen LogP contribution in [0.1, 0.15) is 31.7 Å². The van der Waals surface area contributed by atoms with Crippen LogP contribution in [0.25, 0.3) is 10.9 Å². The lowest BCUT2D eigenvalue weighted by Gasteiger charge is -2.10. The van der Waals surface area contributed by atoms with Crippen molar-refractivity contribution in [2.24, 2.45) is 0 Å². The van der Waals surface area contributed by atoms with E-state index in [1.165, 1.54) is 0 Å². The molecule has 1 aromatic heterocycles. The summed E-state index contributed by atoms with van der Waals surface area (Å²) in [6.07, 6.45) is 2.29. The van der Waals surface area contributed by atoms with Crippen LogP contribution in [0.2, 0.25) is 0 Å². The van der Waals surface area contributed by atoms with Gasteiger partial charge in [-0.25, -0.2) is 13.1 Å². The van der Waals surface area contributed by atoms with Crippen LogP contribution in [-0.2, 0) is 10.0 Å². The smallest absolute Gasteiger partial charge is 0.240 e. The van der Waals surface area contributed by atoms with E-state index in [4.69, 9.17) is 4.74 Å². The Morgan fingerprint density at radius 2 is 1.78 bits per heavy atom. The zero-order valence-electron chi connectivity index (χ0n) is 15.6. The molecule has 0 radical (unpaired) electrons. The van der Waals surface area contributed by atoms with Crippen molar-refractivity contribution in [2.45, 2.75) is 31.1 Å². The van der Waals surface area contributed by atoms with Gasteiger partial charge in [0.25, 0.3) is 0 Å². The Kier molecular flexibility index (Phi) is 6.08. The number of sulfonamides is 1. The summed E-state index contributed by atoms with van der Waals surface area (Å²) in [7, 11) is -3.50. The summed E-state index contributed by atoms with van der Waals surface area (Å²) in [5.74, 6) is 1.08. The van der Waals surface area contributed by atoms with Crippen molar-refractivity contribution in [3.05, 3.63) is 66.4 Å². The van der Waals surface area contributed by atoms with Gasteiger partial charge in [-0.05, 0) is 42.2 Å². The van der Waals surface area contributed by atoms with Crippen LogP contribution >= 0.6 is 0 Å². The Hall–Kier alpha value is -2.44. The van der Waals surface area contributed by atoms with Gasteiger partial charge < -0.3 is 4.74 Å². The van der Waals surface area contributed by atoms with Crippen LogP contribution in [0.15, 0.2) is 65.7 Å². The van der Waals surface area contributed by atoms with Gasteiger partial charge in [0.05, 0.1) is 11.5 Å². The third kappa shape index (κ3) is 4.84. The third-order valence-electron chi connectivity index (χ3n) is 4.32. The van der Waals surface area contributed by atoms with Gasteiger partial charge in [-0.1, -0.05) is 44.2 Å². The molecule has 0 atom stereocenters. The van der Waals surface area contributed by atoms with E-state index in [0.29, 0.717) is 31.2 Å². The maximum absolute atomic E-state index is 12.4.